The van der Waals surface area contributed by atoms with Gasteiger partial charge < -0.3 is 25.2 Å². The van der Waals surface area contributed by atoms with Gasteiger partial charge in [-0.25, -0.2) is 27.7 Å². The number of carboxylic acids is 1. The number of rotatable bonds is 9. The van der Waals surface area contributed by atoms with Crippen LogP contribution >= 0.6 is 0 Å². The van der Waals surface area contributed by atoms with Crippen LogP contribution in [0.2, 0.25) is 0 Å². The lowest BCUT2D eigenvalue weighted by molar-refractivity contribution is -0.139. The lowest BCUT2D eigenvalue weighted by Gasteiger charge is -2.22. The molecule has 284 valence electrons. The predicted molar refractivity (Wildman–Crippen MR) is 210 cm³/mol. The second-order valence-corrected chi connectivity index (χ2v) is 17.3. The number of carbonyl (C=O) groups excluding carboxylic acids is 1. The van der Waals surface area contributed by atoms with E-state index in [-0.39, 0.29) is 29.8 Å². The fourth-order valence-corrected chi connectivity index (χ4v) is 8.85. The summed E-state index contributed by atoms with van der Waals surface area (Å²) in [5.74, 6) is -0.587. The number of ether oxygens (including phenoxy) is 2. The Kier molecular flexibility index (Phi) is 10.3. The van der Waals surface area contributed by atoms with Crippen LogP contribution in [0, 0.1) is 20.8 Å². The minimum absolute atomic E-state index is 0.00781. The molecule has 2 aliphatic rings. The van der Waals surface area contributed by atoms with Crippen molar-refractivity contribution in [1.29, 1.82) is 0 Å². The molecule has 0 unspecified atom stereocenters. The summed E-state index contributed by atoms with van der Waals surface area (Å²) in [5.41, 5.74) is 7.30. The largest absolute Gasteiger partial charge is 0.487 e. The number of carbonyl (C=O) groups is 2. The number of hydrogen-bond donors (Lipinski definition) is 4. The highest BCUT2D eigenvalue weighted by Gasteiger charge is 2.37. The zero-order chi connectivity index (χ0) is 39.2. The number of nitrogens with zero attached hydrogens (tertiary/aromatic N) is 1. The van der Waals surface area contributed by atoms with Crippen molar-refractivity contribution in [2.75, 3.05) is 11.9 Å². The maximum Gasteiger partial charge on any atom is 0.407 e. The van der Waals surface area contributed by atoms with E-state index in [4.69, 9.17) is 9.47 Å². The number of aliphatic imine (C=N–C) groups is 1. The van der Waals surface area contributed by atoms with E-state index in [1.807, 2.05) is 97.0 Å². The van der Waals surface area contributed by atoms with E-state index in [0.29, 0.717) is 28.8 Å². The van der Waals surface area contributed by atoms with Gasteiger partial charge in [-0.3, -0.25) is 0 Å². The minimum Gasteiger partial charge on any atom is -0.487 e. The van der Waals surface area contributed by atoms with E-state index in [1.54, 1.807) is 31.2 Å². The highest BCUT2D eigenvalue weighted by atomic mass is 32.2. The summed E-state index contributed by atoms with van der Waals surface area (Å²) in [7, 11) is -4.10. The van der Waals surface area contributed by atoms with Crippen LogP contribution in [0.15, 0.2) is 82.7 Å². The molecule has 0 saturated carbocycles. The Balaban J connectivity index is 1.13. The first kappa shape index (κ1) is 38.4. The molecule has 1 atom stereocenters. The van der Waals surface area contributed by atoms with Gasteiger partial charge in [0.2, 0.25) is 5.96 Å². The molecular formula is C42H48N4O7S. The first-order valence-electron chi connectivity index (χ1n) is 18.0. The summed E-state index contributed by atoms with van der Waals surface area (Å²) in [6.07, 6.45) is -0.236. The maximum absolute atomic E-state index is 14.1. The predicted octanol–water partition coefficient (Wildman–Crippen LogP) is 7.40. The van der Waals surface area contributed by atoms with Crippen LogP contribution in [0.4, 0.5) is 10.5 Å². The number of carboxylic acid groups (broad SMARTS) is 1. The summed E-state index contributed by atoms with van der Waals surface area (Å²) in [4.78, 5) is 29.9. The van der Waals surface area contributed by atoms with Gasteiger partial charge in [-0.15, -0.1) is 0 Å². The van der Waals surface area contributed by atoms with Crippen molar-refractivity contribution in [3.8, 4) is 16.9 Å². The quantitative estimate of drug-likeness (QED) is 0.102. The fraction of sp³-hybridized carbons (Fsp3) is 0.357. The third kappa shape index (κ3) is 8.08. The van der Waals surface area contributed by atoms with Gasteiger partial charge in [0.05, 0.1) is 10.4 Å². The molecule has 1 amide bonds. The molecule has 11 nitrogen and oxygen atoms in total. The Morgan fingerprint density at radius 2 is 1.52 bits per heavy atom. The summed E-state index contributed by atoms with van der Waals surface area (Å²) < 4.78 is 42.6. The molecule has 4 aromatic carbocycles. The summed E-state index contributed by atoms with van der Waals surface area (Å²) in [5, 5.41) is 15.6. The Bertz CT molecular complexity index is 2210. The highest BCUT2D eigenvalue weighted by Crippen LogP contribution is 2.45. The molecule has 0 fully saturated rings. The normalized spacial score (nSPS) is 15.4. The zero-order valence-electron chi connectivity index (χ0n) is 32.0. The third-order valence-corrected chi connectivity index (χ3v) is 11.4. The number of alkyl carbamates (subject to hydrolysis) is 1. The van der Waals surface area contributed by atoms with Gasteiger partial charge in [0, 0.05) is 30.0 Å². The first-order chi connectivity index (χ1) is 25.3. The van der Waals surface area contributed by atoms with Gasteiger partial charge in [0.1, 0.15) is 24.0 Å². The van der Waals surface area contributed by atoms with Gasteiger partial charge in [-0.05, 0) is 112 Å². The standard InChI is InChI=1S/C42H48N4O7S/c1-24-25(2)37(26(3)33-22-42(7,8)53-36(24)33)54(50,51)46-39(45-41(4,5)6)43-28-19-17-27(18-20-28)21-35(38(47)48)44-40(49)52-23-34-31-15-11-9-13-29(31)30-14-10-12-16-32(30)34/h9-20,34-35H,21-23H2,1-8H3,(H,44,49)(H,47,48)(H2,43,45,46)/t35-/m0/s1. The van der Waals surface area contributed by atoms with Crippen LogP contribution in [0.25, 0.3) is 11.1 Å². The molecule has 1 aliphatic carbocycles. The van der Waals surface area contributed by atoms with Crippen LogP contribution < -0.4 is 20.1 Å². The van der Waals surface area contributed by atoms with Gasteiger partial charge in [0.15, 0.2) is 0 Å². The van der Waals surface area contributed by atoms with E-state index in [1.165, 1.54) is 0 Å². The molecule has 4 aromatic rings. The number of benzene rings is 4. The molecule has 0 bridgehead atoms. The van der Waals surface area contributed by atoms with Gasteiger partial charge in [-0.2, -0.15) is 0 Å². The fourth-order valence-electron chi connectivity index (χ4n) is 7.32. The van der Waals surface area contributed by atoms with Crippen LogP contribution in [0.5, 0.6) is 5.75 Å². The molecule has 4 N–H and O–H groups in total. The maximum atomic E-state index is 14.1. The van der Waals surface area contributed by atoms with Crippen LogP contribution in [-0.4, -0.2) is 55.3 Å². The average Bonchev–Trinajstić information content (AvgIpc) is 3.59. The molecule has 6 rings (SSSR count). The molecule has 0 saturated heterocycles. The van der Waals surface area contributed by atoms with Crippen LogP contribution in [0.1, 0.15) is 79.5 Å². The van der Waals surface area contributed by atoms with Crippen molar-refractivity contribution < 1.29 is 32.6 Å². The number of fused-ring (bicyclic) bond motifs is 4. The Morgan fingerprint density at radius 1 is 0.926 bits per heavy atom. The number of hydrogen-bond acceptors (Lipinski definition) is 7. The lowest BCUT2D eigenvalue weighted by atomic mass is 9.94. The smallest absolute Gasteiger partial charge is 0.407 e. The Hall–Kier alpha value is -5.36. The van der Waals surface area contributed by atoms with Crippen molar-refractivity contribution in [3.63, 3.8) is 0 Å². The van der Waals surface area contributed by atoms with E-state index in [2.05, 4.69) is 20.3 Å². The summed E-state index contributed by atoms with van der Waals surface area (Å²) in [6.45, 7) is 15.1. The van der Waals surface area contributed by atoms with E-state index in [9.17, 15) is 23.1 Å². The molecule has 54 heavy (non-hydrogen) atoms. The van der Waals surface area contributed by atoms with E-state index < -0.39 is 39.3 Å². The van der Waals surface area contributed by atoms with Crippen molar-refractivity contribution >= 4 is 33.7 Å². The molecule has 0 aromatic heterocycles. The number of amides is 1. The number of guanidine groups is 1. The zero-order valence-corrected chi connectivity index (χ0v) is 32.8. The van der Waals surface area contributed by atoms with Crippen molar-refractivity contribution in [1.82, 2.24) is 10.0 Å². The molecule has 12 heteroatoms. The number of aliphatic carboxylic acids is 1. The minimum atomic E-state index is -4.10. The first-order valence-corrected chi connectivity index (χ1v) is 19.5. The average molecular weight is 753 g/mol. The Labute approximate surface area is 317 Å². The second kappa shape index (κ2) is 14.5. The number of sulfonamides is 1. The lowest BCUT2D eigenvalue weighted by Crippen LogP contribution is -2.42. The van der Waals surface area contributed by atoms with Gasteiger partial charge in [0.25, 0.3) is 10.0 Å². The molecule has 1 heterocycles. The molecule has 1 aliphatic heterocycles. The SMILES string of the molecule is Cc1c(C)c(S(=O)(=O)NC(=NC(C)(C)C)Nc2ccc(C[C@H](NC(=O)OCC3c4ccccc4-c4ccccc43)C(=O)O)cc2)c(C)c2c1OC(C)(C)C2. The highest BCUT2D eigenvalue weighted by molar-refractivity contribution is 7.90. The molecular weight excluding hydrogens is 705 g/mol. The second-order valence-electron chi connectivity index (χ2n) is 15.7. The molecule has 0 radical (unpaired) electrons. The molecule has 0 spiro atoms. The topological polar surface area (TPSA) is 155 Å². The van der Waals surface area contributed by atoms with E-state index >= 15 is 0 Å². The van der Waals surface area contributed by atoms with Crippen LogP contribution in [-0.2, 0) is 32.4 Å². The number of nitrogens with one attached hydrogen (secondary N) is 3. The van der Waals surface area contributed by atoms with E-state index in [0.717, 1.165) is 39.1 Å². The third-order valence-electron chi connectivity index (χ3n) is 9.83. The van der Waals surface area contributed by atoms with Crippen LogP contribution in [0.3, 0.4) is 0 Å². The Morgan fingerprint density at radius 3 is 2.09 bits per heavy atom. The monoisotopic (exact) mass is 752 g/mol. The van der Waals surface area contributed by atoms with Crippen molar-refractivity contribution in [2.24, 2.45) is 4.99 Å². The number of anilines is 1. The van der Waals surface area contributed by atoms with Crippen molar-refractivity contribution in [2.45, 2.75) is 96.2 Å². The van der Waals surface area contributed by atoms with Gasteiger partial charge >= 0.3 is 12.1 Å². The summed E-state index contributed by atoms with van der Waals surface area (Å²) >= 11 is 0. The van der Waals surface area contributed by atoms with Crippen molar-refractivity contribution in [3.05, 3.63) is 112 Å². The van der Waals surface area contributed by atoms with Gasteiger partial charge in [-0.1, -0.05) is 60.7 Å². The summed E-state index contributed by atoms with van der Waals surface area (Å²) in [6, 6.07) is 21.5.